The van der Waals surface area contributed by atoms with Crippen molar-refractivity contribution < 1.29 is 9.53 Å². The van der Waals surface area contributed by atoms with E-state index in [0.717, 1.165) is 11.1 Å². The third-order valence-corrected chi connectivity index (χ3v) is 7.00. The number of rotatable bonds is 7. The summed E-state index contributed by atoms with van der Waals surface area (Å²) in [7, 11) is 0. The Morgan fingerprint density at radius 2 is 1.61 bits per heavy atom. The Bertz CT molecular complexity index is 1130. The molecule has 0 bridgehead atoms. The first-order valence-corrected chi connectivity index (χ1v) is 11.6. The first kappa shape index (κ1) is 21.3. The van der Waals surface area contributed by atoms with Crippen molar-refractivity contribution in [3.63, 3.8) is 0 Å². The van der Waals surface area contributed by atoms with Gasteiger partial charge in [-0.1, -0.05) is 86.6 Å². The van der Waals surface area contributed by atoms with Gasteiger partial charge < -0.3 is 4.74 Å². The summed E-state index contributed by atoms with van der Waals surface area (Å²) in [6.45, 7) is 6.65. The summed E-state index contributed by atoms with van der Waals surface area (Å²) in [5.74, 6) is 0.263. The van der Waals surface area contributed by atoms with Crippen LogP contribution in [0.5, 0.6) is 0 Å². The molecule has 4 aromatic rings. The molecular formula is C28H28O2S. The lowest BCUT2D eigenvalue weighted by Gasteiger charge is -2.28. The normalized spacial score (nSPS) is 13.3. The van der Waals surface area contributed by atoms with E-state index in [1.54, 1.807) is 11.3 Å². The van der Waals surface area contributed by atoms with E-state index in [0.29, 0.717) is 12.3 Å². The Morgan fingerprint density at radius 3 is 2.29 bits per heavy atom. The second-order valence-electron chi connectivity index (χ2n) is 8.60. The van der Waals surface area contributed by atoms with Crippen molar-refractivity contribution in [1.82, 2.24) is 0 Å². The van der Waals surface area contributed by atoms with Gasteiger partial charge in [-0.05, 0) is 47.1 Å². The number of ether oxygens (including phenoxy) is 1. The molecule has 1 heterocycles. The van der Waals surface area contributed by atoms with Crippen molar-refractivity contribution in [1.29, 1.82) is 0 Å². The van der Waals surface area contributed by atoms with Crippen LogP contribution in [0.15, 0.2) is 84.9 Å². The lowest BCUT2D eigenvalue weighted by Crippen LogP contribution is -2.36. The van der Waals surface area contributed by atoms with Gasteiger partial charge in [-0.2, -0.15) is 0 Å². The molecule has 0 saturated carbocycles. The predicted octanol–water partition coefficient (Wildman–Crippen LogP) is 7.27. The zero-order chi connectivity index (χ0) is 21.8. The van der Waals surface area contributed by atoms with Crippen molar-refractivity contribution in [2.75, 3.05) is 0 Å². The first-order valence-electron chi connectivity index (χ1n) is 10.7. The van der Waals surface area contributed by atoms with Crippen molar-refractivity contribution in [2.24, 2.45) is 0 Å². The van der Waals surface area contributed by atoms with Gasteiger partial charge in [0.25, 0.3) is 0 Å². The molecule has 3 heteroatoms. The minimum absolute atomic E-state index is 0.189. The molecule has 1 unspecified atom stereocenters. The number of benzene rings is 3. The van der Waals surface area contributed by atoms with Crippen LogP contribution in [-0.2, 0) is 28.0 Å². The molecule has 0 aliphatic heterocycles. The Kier molecular flexibility index (Phi) is 6.24. The standard InChI is InChI=1S/C28H28O2S/c1-20(2)22-13-15-24(16-14-22)28(3,27(29)30-19-21-9-5-4-6-10-21)18-25-17-23-11-7-8-12-26(23)31-25/h4-17,20H,18-19H2,1-3H3. The van der Waals surface area contributed by atoms with Crippen LogP contribution < -0.4 is 0 Å². The Morgan fingerprint density at radius 1 is 0.935 bits per heavy atom. The van der Waals surface area contributed by atoms with Crippen LogP contribution in [0.25, 0.3) is 10.1 Å². The number of fused-ring (bicyclic) bond motifs is 1. The summed E-state index contributed by atoms with van der Waals surface area (Å²) in [6.07, 6.45) is 0.612. The molecule has 1 atom stereocenters. The quantitative estimate of drug-likeness (QED) is 0.289. The molecule has 1 aromatic heterocycles. The van der Waals surface area contributed by atoms with Gasteiger partial charge in [0.1, 0.15) is 6.61 Å². The largest absolute Gasteiger partial charge is 0.460 e. The van der Waals surface area contributed by atoms with Crippen LogP contribution in [0.1, 0.15) is 48.3 Å². The molecule has 4 rings (SSSR count). The molecule has 0 N–H and O–H groups in total. The van der Waals surface area contributed by atoms with Crippen molar-refractivity contribution in [2.45, 2.75) is 45.1 Å². The molecule has 2 nitrogen and oxygen atoms in total. The van der Waals surface area contributed by atoms with Gasteiger partial charge >= 0.3 is 5.97 Å². The van der Waals surface area contributed by atoms with E-state index >= 15 is 0 Å². The van der Waals surface area contributed by atoms with E-state index in [1.807, 2.05) is 37.3 Å². The summed E-state index contributed by atoms with van der Waals surface area (Å²) in [6, 6.07) is 28.9. The third kappa shape index (κ3) is 4.72. The summed E-state index contributed by atoms with van der Waals surface area (Å²) in [5.41, 5.74) is 2.50. The maximum Gasteiger partial charge on any atom is 0.316 e. The Hall–Kier alpha value is -2.91. The minimum atomic E-state index is -0.759. The topological polar surface area (TPSA) is 26.3 Å². The summed E-state index contributed by atoms with van der Waals surface area (Å²) in [5, 5.41) is 1.22. The minimum Gasteiger partial charge on any atom is -0.460 e. The lowest BCUT2D eigenvalue weighted by molar-refractivity contribution is -0.151. The number of carbonyl (C=O) groups excluding carboxylic acids is 1. The SMILES string of the molecule is CC(C)c1ccc(C(C)(Cc2cc3ccccc3s2)C(=O)OCc2ccccc2)cc1. The van der Waals surface area contributed by atoms with Crippen LogP contribution in [0.4, 0.5) is 0 Å². The molecule has 0 aliphatic carbocycles. The van der Waals surface area contributed by atoms with Gasteiger partial charge in [0, 0.05) is 16.0 Å². The highest BCUT2D eigenvalue weighted by Gasteiger charge is 2.37. The molecule has 0 saturated heterocycles. The molecule has 31 heavy (non-hydrogen) atoms. The van der Waals surface area contributed by atoms with Crippen molar-refractivity contribution >= 4 is 27.4 Å². The van der Waals surface area contributed by atoms with Gasteiger partial charge in [-0.3, -0.25) is 4.79 Å². The highest BCUT2D eigenvalue weighted by molar-refractivity contribution is 7.19. The van der Waals surface area contributed by atoms with Gasteiger partial charge in [-0.15, -0.1) is 11.3 Å². The highest BCUT2D eigenvalue weighted by atomic mass is 32.1. The summed E-state index contributed by atoms with van der Waals surface area (Å²) >= 11 is 1.75. The van der Waals surface area contributed by atoms with Crippen molar-refractivity contribution in [3.05, 3.63) is 106 Å². The Balaban J connectivity index is 1.65. The second kappa shape index (κ2) is 9.07. The van der Waals surface area contributed by atoms with E-state index in [-0.39, 0.29) is 12.6 Å². The van der Waals surface area contributed by atoms with E-state index in [2.05, 4.69) is 68.4 Å². The maximum absolute atomic E-state index is 13.5. The molecule has 0 amide bonds. The van der Waals surface area contributed by atoms with E-state index < -0.39 is 5.41 Å². The Labute approximate surface area is 188 Å². The second-order valence-corrected chi connectivity index (χ2v) is 9.77. The van der Waals surface area contributed by atoms with Gasteiger partial charge in [0.05, 0.1) is 5.41 Å². The number of hydrogen-bond donors (Lipinski definition) is 0. The third-order valence-electron chi connectivity index (χ3n) is 5.88. The number of hydrogen-bond acceptors (Lipinski definition) is 3. The summed E-state index contributed by atoms with van der Waals surface area (Å²) < 4.78 is 7.08. The molecular weight excluding hydrogens is 400 g/mol. The van der Waals surface area contributed by atoms with Crippen LogP contribution in [0, 0.1) is 0 Å². The fraction of sp³-hybridized carbons (Fsp3) is 0.250. The van der Waals surface area contributed by atoms with E-state index in [9.17, 15) is 4.79 Å². The molecule has 0 aliphatic rings. The molecule has 0 spiro atoms. The smallest absolute Gasteiger partial charge is 0.316 e. The fourth-order valence-corrected chi connectivity index (χ4v) is 5.10. The number of thiophene rings is 1. The van der Waals surface area contributed by atoms with E-state index in [1.165, 1.54) is 20.5 Å². The molecule has 0 fully saturated rings. The zero-order valence-electron chi connectivity index (χ0n) is 18.3. The average Bonchev–Trinajstić information content (AvgIpc) is 3.20. The fourth-order valence-electron chi connectivity index (χ4n) is 3.88. The van der Waals surface area contributed by atoms with Gasteiger partial charge in [0.15, 0.2) is 0 Å². The molecule has 0 radical (unpaired) electrons. The van der Waals surface area contributed by atoms with Gasteiger partial charge in [0.2, 0.25) is 0 Å². The maximum atomic E-state index is 13.5. The van der Waals surface area contributed by atoms with E-state index in [4.69, 9.17) is 4.74 Å². The van der Waals surface area contributed by atoms with Crippen LogP contribution in [0.2, 0.25) is 0 Å². The van der Waals surface area contributed by atoms with Crippen LogP contribution >= 0.6 is 11.3 Å². The molecule has 158 valence electrons. The zero-order valence-corrected chi connectivity index (χ0v) is 19.1. The lowest BCUT2D eigenvalue weighted by atomic mass is 9.78. The predicted molar refractivity (Wildman–Crippen MR) is 130 cm³/mol. The van der Waals surface area contributed by atoms with Gasteiger partial charge in [-0.25, -0.2) is 0 Å². The number of carbonyl (C=O) groups is 1. The van der Waals surface area contributed by atoms with Crippen LogP contribution in [-0.4, -0.2) is 5.97 Å². The molecule has 3 aromatic carbocycles. The summed E-state index contributed by atoms with van der Waals surface area (Å²) in [4.78, 5) is 14.6. The van der Waals surface area contributed by atoms with Crippen LogP contribution in [0.3, 0.4) is 0 Å². The monoisotopic (exact) mass is 428 g/mol. The first-order chi connectivity index (χ1) is 15.0. The average molecular weight is 429 g/mol. The number of esters is 1. The highest BCUT2D eigenvalue weighted by Crippen LogP contribution is 2.35. The van der Waals surface area contributed by atoms with Crippen molar-refractivity contribution in [3.8, 4) is 0 Å².